The molecule has 1 fully saturated rings. The fraction of sp³-hybridized carbons (Fsp3) is 0.263. The predicted octanol–water partition coefficient (Wildman–Crippen LogP) is 3.60. The van der Waals surface area contributed by atoms with Crippen molar-refractivity contribution in [3.05, 3.63) is 71.8 Å². The van der Waals surface area contributed by atoms with Crippen molar-refractivity contribution in [3.8, 4) is 5.69 Å². The van der Waals surface area contributed by atoms with E-state index in [2.05, 4.69) is 15.1 Å². The monoisotopic (exact) mass is 352 g/mol. The lowest BCUT2D eigenvalue weighted by Gasteiger charge is -2.18. The summed E-state index contributed by atoms with van der Waals surface area (Å²) in [6.07, 6.45) is 6.14. The second-order valence-electron chi connectivity index (χ2n) is 6.25. The van der Waals surface area contributed by atoms with Crippen LogP contribution in [0.25, 0.3) is 5.69 Å². The Kier molecular flexibility index (Phi) is 4.20. The van der Waals surface area contributed by atoms with E-state index in [1.54, 1.807) is 48.4 Å². The van der Waals surface area contributed by atoms with E-state index in [1.165, 1.54) is 12.1 Å². The molecule has 0 unspecified atom stereocenters. The van der Waals surface area contributed by atoms with Crippen molar-refractivity contribution >= 4 is 5.97 Å². The van der Waals surface area contributed by atoms with Crippen LogP contribution in [-0.2, 0) is 4.74 Å². The molecular weight excluding hydrogens is 335 g/mol. The molecule has 1 aliphatic carbocycles. The van der Waals surface area contributed by atoms with E-state index in [9.17, 15) is 9.18 Å². The summed E-state index contributed by atoms with van der Waals surface area (Å²) >= 11 is 0. The topological polar surface area (TPSA) is 69.9 Å². The Hall–Kier alpha value is -3.09. The summed E-state index contributed by atoms with van der Waals surface area (Å²) in [7, 11) is 0. The Morgan fingerprint density at radius 1 is 1.27 bits per heavy atom. The van der Waals surface area contributed by atoms with Gasteiger partial charge in [-0.15, -0.1) is 0 Å². The molecule has 26 heavy (non-hydrogen) atoms. The molecule has 132 valence electrons. The SMILES string of the molecule is C[C@H](OC(=O)c1ccnc(C2CC2)n1)c1c(F)cccc1-n1cccn1. The van der Waals surface area contributed by atoms with Crippen molar-refractivity contribution in [3.63, 3.8) is 0 Å². The number of carbonyl (C=O) groups excluding carboxylic acids is 1. The molecule has 2 heterocycles. The van der Waals surface area contributed by atoms with E-state index in [-0.39, 0.29) is 11.3 Å². The summed E-state index contributed by atoms with van der Waals surface area (Å²) < 4.78 is 21.5. The van der Waals surface area contributed by atoms with Gasteiger partial charge in [-0.05, 0) is 44.0 Å². The van der Waals surface area contributed by atoms with Crippen molar-refractivity contribution in [1.82, 2.24) is 19.7 Å². The Bertz CT molecular complexity index is 938. The Labute approximate surface area is 149 Å². The first-order valence-corrected chi connectivity index (χ1v) is 8.46. The maximum absolute atomic E-state index is 14.5. The number of carbonyl (C=O) groups is 1. The first-order chi connectivity index (χ1) is 12.6. The third-order valence-corrected chi connectivity index (χ3v) is 4.30. The molecule has 0 aliphatic heterocycles. The van der Waals surface area contributed by atoms with Crippen molar-refractivity contribution in [2.75, 3.05) is 0 Å². The summed E-state index contributed by atoms with van der Waals surface area (Å²) in [5.74, 6) is -0.0653. The maximum Gasteiger partial charge on any atom is 0.357 e. The van der Waals surface area contributed by atoms with Gasteiger partial charge in [-0.25, -0.2) is 23.8 Å². The number of aromatic nitrogens is 4. The van der Waals surface area contributed by atoms with Crippen LogP contribution in [0.5, 0.6) is 0 Å². The van der Waals surface area contributed by atoms with Gasteiger partial charge in [0, 0.05) is 24.5 Å². The van der Waals surface area contributed by atoms with E-state index in [0.717, 1.165) is 12.8 Å². The zero-order valence-corrected chi connectivity index (χ0v) is 14.2. The van der Waals surface area contributed by atoms with Gasteiger partial charge in [0.1, 0.15) is 17.7 Å². The van der Waals surface area contributed by atoms with Gasteiger partial charge in [0.05, 0.1) is 11.3 Å². The number of ether oxygens (including phenoxy) is 1. The van der Waals surface area contributed by atoms with Crippen molar-refractivity contribution in [2.24, 2.45) is 0 Å². The zero-order chi connectivity index (χ0) is 18.1. The minimum Gasteiger partial charge on any atom is -0.453 e. The van der Waals surface area contributed by atoms with Gasteiger partial charge in [-0.2, -0.15) is 5.10 Å². The zero-order valence-electron chi connectivity index (χ0n) is 14.2. The summed E-state index contributed by atoms with van der Waals surface area (Å²) in [6.45, 7) is 1.63. The van der Waals surface area contributed by atoms with Crippen LogP contribution in [0.3, 0.4) is 0 Å². The van der Waals surface area contributed by atoms with Crippen LogP contribution in [-0.4, -0.2) is 25.7 Å². The molecule has 3 aromatic rings. The van der Waals surface area contributed by atoms with Gasteiger partial charge in [-0.1, -0.05) is 6.07 Å². The van der Waals surface area contributed by atoms with Crippen molar-refractivity contribution in [1.29, 1.82) is 0 Å². The predicted molar refractivity (Wildman–Crippen MR) is 91.4 cm³/mol. The number of esters is 1. The van der Waals surface area contributed by atoms with Gasteiger partial charge in [0.25, 0.3) is 0 Å². The molecule has 0 N–H and O–H groups in total. The van der Waals surface area contributed by atoms with E-state index in [0.29, 0.717) is 17.4 Å². The van der Waals surface area contributed by atoms with Crippen LogP contribution >= 0.6 is 0 Å². The standard InChI is InChI=1S/C19H17FN4O2/c1-12(17-14(20)4-2-5-16(17)24-11-3-9-22-24)26-19(25)15-8-10-21-18(23-15)13-6-7-13/h2-5,8-13H,6-7H2,1H3/t12-/m0/s1. The maximum atomic E-state index is 14.5. The van der Waals surface area contributed by atoms with E-state index < -0.39 is 17.9 Å². The highest BCUT2D eigenvalue weighted by Crippen LogP contribution is 2.37. The van der Waals surface area contributed by atoms with Crippen LogP contribution in [0.4, 0.5) is 4.39 Å². The van der Waals surface area contributed by atoms with Crippen LogP contribution < -0.4 is 0 Å². The first-order valence-electron chi connectivity index (χ1n) is 8.46. The molecule has 1 aliphatic rings. The minimum atomic E-state index is -0.803. The van der Waals surface area contributed by atoms with Gasteiger partial charge in [0.15, 0.2) is 5.69 Å². The molecule has 0 saturated heterocycles. The molecule has 1 aromatic carbocycles. The fourth-order valence-corrected chi connectivity index (χ4v) is 2.84. The molecule has 0 radical (unpaired) electrons. The number of benzene rings is 1. The highest BCUT2D eigenvalue weighted by Gasteiger charge is 2.28. The number of halogens is 1. The molecule has 0 bridgehead atoms. The van der Waals surface area contributed by atoms with E-state index >= 15 is 0 Å². The highest BCUT2D eigenvalue weighted by molar-refractivity contribution is 5.87. The fourth-order valence-electron chi connectivity index (χ4n) is 2.84. The largest absolute Gasteiger partial charge is 0.453 e. The minimum absolute atomic E-state index is 0.186. The van der Waals surface area contributed by atoms with Crippen LogP contribution in [0.2, 0.25) is 0 Å². The summed E-state index contributed by atoms with van der Waals surface area (Å²) in [4.78, 5) is 20.9. The lowest BCUT2D eigenvalue weighted by atomic mass is 10.1. The lowest BCUT2D eigenvalue weighted by molar-refractivity contribution is 0.0323. The van der Waals surface area contributed by atoms with Crippen molar-refractivity contribution < 1.29 is 13.9 Å². The average Bonchev–Trinajstić information content (AvgIpc) is 3.36. The molecule has 7 heteroatoms. The Morgan fingerprint density at radius 3 is 2.85 bits per heavy atom. The van der Waals surface area contributed by atoms with Crippen LogP contribution in [0, 0.1) is 5.82 Å². The summed E-state index contributed by atoms with van der Waals surface area (Å²) in [5, 5.41) is 4.13. The number of rotatable bonds is 5. The average molecular weight is 352 g/mol. The number of hydrogen-bond donors (Lipinski definition) is 0. The summed E-state index contributed by atoms with van der Waals surface area (Å²) in [6, 6.07) is 7.91. The van der Waals surface area contributed by atoms with Gasteiger partial charge in [0.2, 0.25) is 0 Å². The third-order valence-electron chi connectivity index (χ3n) is 4.30. The van der Waals surface area contributed by atoms with E-state index in [4.69, 9.17) is 4.74 Å². The van der Waals surface area contributed by atoms with Crippen LogP contribution in [0.15, 0.2) is 48.9 Å². The second kappa shape index (κ2) is 6.67. The Morgan fingerprint density at radius 2 is 2.12 bits per heavy atom. The molecule has 4 rings (SSSR count). The third kappa shape index (κ3) is 3.20. The highest BCUT2D eigenvalue weighted by atomic mass is 19.1. The molecule has 6 nitrogen and oxygen atoms in total. The molecular formula is C19H17FN4O2. The first kappa shape index (κ1) is 16.4. The van der Waals surface area contributed by atoms with E-state index in [1.807, 2.05) is 0 Å². The van der Waals surface area contributed by atoms with Crippen molar-refractivity contribution in [2.45, 2.75) is 31.8 Å². The molecule has 2 aromatic heterocycles. The Balaban J connectivity index is 1.59. The molecule has 0 amide bonds. The molecule has 0 spiro atoms. The summed E-state index contributed by atoms with van der Waals surface area (Å²) in [5.41, 5.74) is 0.975. The van der Waals surface area contributed by atoms with Gasteiger partial charge in [-0.3, -0.25) is 0 Å². The number of hydrogen-bond acceptors (Lipinski definition) is 5. The van der Waals surface area contributed by atoms with Crippen LogP contribution in [0.1, 0.15) is 53.7 Å². The lowest BCUT2D eigenvalue weighted by Crippen LogP contribution is -2.15. The molecule has 1 saturated carbocycles. The smallest absolute Gasteiger partial charge is 0.357 e. The number of nitrogens with zero attached hydrogens (tertiary/aromatic N) is 4. The quantitative estimate of drug-likeness (QED) is 0.656. The van der Waals surface area contributed by atoms with Gasteiger partial charge >= 0.3 is 5.97 Å². The second-order valence-corrected chi connectivity index (χ2v) is 6.25. The normalized spacial score (nSPS) is 14.8. The molecule has 1 atom stereocenters. The van der Waals surface area contributed by atoms with Gasteiger partial charge < -0.3 is 4.74 Å².